The van der Waals surface area contributed by atoms with E-state index in [0.717, 1.165) is 24.0 Å². The predicted molar refractivity (Wildman–Crippen MR) is 80.8 cm³/mol. The first-order valence-electron chi connectivity index (χ1n) is 6.42. The molecule has 0 spiro atoms. The molecule has 2 nitrogen and oxygen atoms in total. The average Bonchev–Trinajstić information content (AvgIpc) is 2.34. The number of methoxy groups -OCH3 is 1. The smallest absolute Gasteiger partial charge is 0.0467 e. The fourth-order valence-electron chi connectivity index (χ4n) is 1.79. The third-order valence-electron chi connectivity index (χ3n) is 3.22. The van der Waals surface area contributed by atoms with Gasteiger partial charge in [0.15, 0.2) is 0 Å². The number of benzene rings is 1. The second-order valence-electron chi connectivity index (χ2n) is 5.56. The zero-order valence-corrected chi connectivity index (χ0v) is 13.4. The van der Waals surface area contributed by atoms with Gasteiger partial charge in [0.05, 0.1) is 0 Å². The van der Waals surface area contributed by atoms with E-state index in [1.165, 1.54) is 5.56 Å². The maximum atomic E-state index is 5.15. The third-order valence-corrected chi connectivity index (χ3v) is 3.71. The highest BCUT2D eigenvalue weighted by atomic mass is 79.9. The molecular formula is C15H24BrNO. The summed E-state index contributed by atoms with van der Waals surface area (Å²) in [6.45, 7) is 8.55. The van der Waals surface area contributed by atoms with Gasteiger partial charge in [-0.2, -0.15) is 0 Å². The molecule has 3 heteroatoms. The first-order chi connectivity index (χ1) is 8.44. The summed E-state index contributed by atoms with van der Waals surface area (Å²) >= 11 is 3.51. The Labute approximate surface area is 119 Å². The number of ether oxygens (including phenoxy) is 1. The SMILES string of the molecule is COCCC(C)(C)CNC(C)c1cccc(Br)c1. The summed E-state index contributed by atoms with van der Waals surface area (Å²) in [6, 6.07) is 8.82. The Balaban J connectivity index is 2.48. The van der Waals surface area contributed by atoms with E-state index < -0.39 is 0 Å². The van der Waals surface area contributed by atoms with Gasteiger partial charge in [-0.15, -0.1) is 0 Å². The predicted octanol–water partition coefficient (Wildman–Crippen LogP) is 4.16. The fraction of sp³-hybridized carbons (Fsp3) is 0.600. The van der Waals surface area contributed by atoms with Crippen LogP contribution < -0.4 is 5.32 Å². The van der Waals surface area contributed by atoms with Crippen LogP contribution in [0.4, 0.5) is 0 Å². The van der Waals surface area contributed by atoms with Crippen LogP contribution >= 0.6 is 15.9 Å². The largest absolute Gasteiger partial charge is 0.385 e. The Morgan fingerprint density at radius 2 is 2.11 bits per heavy atom. The quantitative estimate of drug-likeness (QED) is 0.816. The van der Waals surface area contributed by atoms with Crippen molar-refractivity contribution in [2.24, 2.45) is 5.41 Å². The van der Waals surface area contributed by atoms with Gasteiger partial charge in [0.1, 0.15) is 0 Å². The van der Waals surface area contributed by atoms with Gasteiger partial charge in [0.2, 0.25) is 0 Å². The molecule has 18 heavy (non-hydrogen) atoms. The molecule has 0 amide bonds. The third kappa shape index (κ3) is 5.51. The second-order valence-corrected chi connectivity index (χ2v) is 6.48. The number of hydrogen-bond acceptors (Lipinski definition) is 2. The molecule has 0 radical (unpaired) electrons. The monoisotopic (exact) mass is 313 g/mol. The number of rotatable bonds is 7. The molecule has 0 bridgehead atoms. The van der Waals surface area contributed by atoms with Gasteiger partial charge in [0, 0.05) is 30.8 Å². The van der Waals surface area contributed by atoms with Gasteiger partial charge < -0.3 is 10.1 Å². The Hall–Kier alpha value is -0.380. The molecule has 0 saturated carbocycles. The molecule has 1 unspecified atom stereocenters. The van der Waals surface area contributed by atoms with Crippen LogP contribution in [0.15, 0.2) is 28.7 Å². The summed E-state index contributed by atoms with van der Waals surface area (Å²) in [5.74, 6) is 0. The van der Waals surface area contributed by atoms with E-state index in [-0.39, 0.29) is 5.41 Å². The summed E-state index contributed by atoms with van der Waals surface area (Å²) in [7, 11) is 1.76. The van der Waals surface area contributed by atoms with Crippen molar-refractivity contribution in [1.82, 2.24) is 5.32 Å². The summed E-state index contributed by atoms with van der Waals surface area (Å²) < 4.78 is 6.28. The van der Waals surface area contributed by atoms with Crippen molar-refractivity contribution in [1.29, 1.82) is 0 Å². The minimum absolute atomic E-state index is 0.260. The lowest BCUT2D eigenvalue weighted by molar-refractivity contribution is 0.149. The topological polar surface area (TPSA) is 21.3 Å². The molecule has 0 fully saturated rings. The van der Waals surface area contributed by atoms with Gasteiger partial charge in [-0.1, -0.05) is 41.9 Å². The van der Waals surface area contributed by atoms with Gasteiger partial charge in [0.25, 0.3) is 0 Å². The van der Waals surface area contributed by atoms with Crippen LogP contribution in [0.25, 0.3) is 0 Å². The molecule has 0 aromatic heterocycles. The zero-order valence-electron chi connectivity index (χ0n) is 11.8. The lowest BCUT2D eigenvalue weighted by Crippen LogP contribution is -2.32. The van der Waals surface area contributed by atoms with E-state index >= 15 is 0 Å². The average molecular weight is 314 g/mol. The van der Waals surface area contributed by atoms with E-state index in [1.54, 1.807) is 7.11 Å². The summed E-state index contributed by atoms with van der Waals surface area (Å²) in [4.78, 5) is 0. The maximum Gasteiger partial charge on any atom is 0.0467 e. The zero-order chi connectivity index (χ0) is 13.6. The molecule has 1 atom stereocenters. The maximum absolute atomic E-state index is 5.15. The molecule has 0 heterocycles. The number of hydrogen-bond donors (Lipinski definition) is 1. The molecule has 1 aromatic carbocycles. The van der Waals surface area contributed by atoms with Crippen molar-refractivity contribution in [2.45, 2.75) is 33.2 Å². The molecule has 1 N–H and O–H groups in total. The molecule has 1 rings (SSSR count). The minimum atomic E-state index is 0.260. The van der Waals surface area contributed by atoms with Crippen LogP contribution in [-0.4, -0.2) is 20.3 Å². The van der Waals surface area contributed by atoms with Crippen LogP contribution in [0.2, 0.25) is 0 Å². The van der Waals surface area contributed by atoms with E-state index in [1.807, 2.05) is 0 Å². The van der Waals surface area contributed by atoms with Crippen molar-refractivity contribution >= 4 is 15.9 Å². The Kier molecular flexibility index (Phi) is 6.33. The molecule has 102 valence electrons. The van der Waals surface area contributed by atoms with E-state index in [0.29, 0.717) is 6.04 Å². The van der Waals surface area contributed by atoms with Gasteiger partial charge >= 0.3 is 0 Å². The van der Waals surface area contributed by atoms with Crippen molar-refractivity contribution in [2.75, 3.05) is 20.3 Å². The van der Waals surface area contributed by atoms with Gasteiger partial charge in [-0.3, -0.25) is 0 Å². The van der Waals surface area contributed by atoms with Crippen LogP contribution in [-0.2, 0) is 4.74 Å². The van der Waals surface area contributed by atoms with Crippen LogP contribution in [0.5, 0.6) is 0 Å². The molecule has 0 saturated heterocycles. The second kappa shape index (κ2) is 7.27. The Morgan fingerprint density at radius 1 is 1.39 bits per heavy atom. The summed E-state index contributed by atoms with van der Waals surface area (Å²) in [5.41, 5.74) is 1.57. The minimum Gasteiger partial charge on any atom is -0.385 e. The number of halogens is 1. The van der Waals surface area contributed by atoms with E-state index in [2.05, 4.69) is 66.3 Å². The van der Waals surface area contributed by atoms with Crippen molar-refractivity contribution < 1.29 is 4.74 Å². The standard InChI is InChI=1S/C15H24BrNO/c1-12(13-6-5-7-14(16)10-13)17-11-15(2,3)8-9-18-4/h5-7,10,12,17H,8-9,11H2,1-4H3. The van der Waals surface area contributed by atoms with Crippen molar-refractivity contribution in [3.63, 3.8) is 0 Å². The van der Waals surface area contributed by atoms with Crippen LogP contribution in [0.1, 0.15) is 38.8 Å². The first kappa shape index (κ1) is 15.7. The van der Waals surface area contributed by atoms with E-state index in [4.69, 9.17) is 4.74 Å². The molecular weight excluding hydrogens is 290 g/mol. The van der Waals surface area contributed by atoms with Crippen LogP contribution in [0.3, 0.4) is 0 Å². The lowest BCUT2D eigenvalue weighted by atomic mass is 9.89. The van der Waals surface area contributed by atoms with Crippen molar-refractivity contribution in [3.8, 4) is 0 Å². The molecule has 0 aliphatic carbocycles. The molecule has 0 aliphatic rings. The molecule has 1 aromatic rings. The van der Waals surface area contributed by atoms with Gasteiger partial charge in [-0.25, -0.2) is 0 Å². The van der Waals surface area contributed by atoms with Crippen LogP contribution in [0, 0.1) is 5.41 Å². The lowest BCUT2D eigenvalue weighted by Gasteiger charge is -2.27. The summed E-state index contributed by atoms with van der Waals surface area (Å²) in [6.07, 6.45) is 1.07. The normalized spacial score (nSPS) is 13.6. The summed E-state index contributed by atoms with van der Waals surface area (Å²) in [5, 5.41) is 3.60. The highest BCUT2D eigenvalue weighted by molar-refractivity contribution is 9.10. The van der Waals surface area contributed by atoms with Gasteiger partial charge in [-0.05, 0) is 36.5 Å². The molecule has 0 aliphatic heterocycles. The Morgan fingerprint density at radius 3 is 2.72 bits per heavy atom. The highest BCUT2D eigenvalue weighted by Gasteiger charge is 2.18. The first-order valence-corrected chi connectivity index (χ1v) is 7.22. The van der Waals surface area contributed by atoms with E-state index in [9.17, 15) is 0 Å². The number of nitrogens with one attached hydrogen (secondary N) is 1. The Bertz CT molecular complexity index is 365. The highest BCUT2D eigenvalue weighted by Crippen LogP contribution is 2.22. The van der Waals surface area contributed by atoms with Crippen molar-refractivity contribution in [3.05, 3.63) is 34.3 Å². The fourth-order valence-corrected chi connectivity index (χ4v) is 2.21.